The Labute approximate surface area is 343 Å². The molecule has 0 aromatic rings. The maximum absolute atomic E-state index is 12.8. The van der Waals surface area contributed by atoms with Crippen LogP contribution in [0, 0.1) is 0 Å². The summed E-state index contributed by atoms with van der Waals surface area (Å²) in [5.74, 6) is -1.11. The van der Waals surface area contributed by atoms with Crippen LogP contribution >= 0.6 is 7.82 Å². The van der Waals surface area contributed by atoms with Gasteiger partial charge in [-0.05, 0) is 44.9 Å². The second kappa shape index (κ2) is 34.1. The van der Waals surface area contributed by atoms with Gasteiger partial charge >= 0.3 is 19.8 Å². The minimum Gasteiger partial charge on any atom is -0.462 e. The molecule has 1 aliphatic rings. The predicted octanol–water partition coefficient (Wildman–Crippen LogP) is 8.06. The summed E-state index contributed by atoms with van der Waals surface area (Å²) >= 11 is 0. The molecule has 6 unspecified atom stereocenters. The van der Waals surface area contributed by atoms with Crippen molar-refractivity contribution in [3.63, 3.8) is 0 Å². The van der Waals surface area contributed by atoms with Crippen LogP contribution in [-0.4, -0.2) is 98.3 Å². The Morgan fingerprint density at radius 3 is 1.46 bits per heavy atom. The maximum atomic E-state index is 12.8. The molecule has 1 fully saturated rings. The van der Waals surface area contributed by atoms with Crippen molar-refractivity contribution in [3.05, 3.63) is 24.3 Å². The van der Waals surface area contributed by atoms with Crippen molar-refractivity contribution in [3.8, 4) is 0 Å². The molecule has 57 heavy (non-hydrogen) atoms. The van der Waals surface area contributed by atoms with Crippen molar-refractivity contribution in [2.45, 2.75) is 224 Å². The van der Waals surface area contributed by atoms with Crippen LogP contribution in [0.1, 0.15) is 181 Å². The number of aliphatic hydroxyl groups is 5. The highest BCUT2D eigenvalue weighted by atomic mass is 31.2. The molecular formula is C43H79O13P. The van der Waals surface area contributed by atoms with Gasteiger partial charge in [0.25, 0.3) is 0 Å². The van der Waals surface area contributed by atoms with Crippen molar-refractivity contribution in [1.82, 2.24) is 0 Å². The van der Waals surface area contributed by atoms with Gasteiger partial charge in [0.2, 0.25) is 0 Å². The molecule has 0 heterocycles. The molecule has 0 amide bonds. The van der Waals surface area contributed by atoms with Crippen LogP contribution in [0.25, 0.3) is 0 Å². The van der Waals surface area contributed by atoms with E-state index in [0.29, 0.717) is 12.8 Å². The molecule has 1 aliphatic carbocycles. The van der Waals surface area contributed by atoms with Gasteiger partial charge in [-0.2, -0.15) is 0 Å². The Morgan fingerprint density at radius 2 is 0.947 bits per heavy atom. The molecule has 14 heteroatoms. The first-order valence-electron chi connectivity index (χ1n) is 22.1. The quantitative estimate of drug-likeness (QED) is 0.0153. The fourth-order valence-electron chi connectivity index (χ4n) is 6.67. The van der Waals surface area contributed by atoms with E-state index in [1.165, 1.54) is 77.0 Å². The van der Waals surface area contributed by atoms with E-state index in [9.17, 15) is 44.6 Å². The van der Waals surface area contributed by atoms with E-state index in [4.69, 9.17) is 18.5 Å². The Hall–Kier alpha value is -1.67. The first-order valence-corrected chi connectivity index (χ1v) is 23.6. The number of esters is 2. The lowest BCUT2D eigenvalue weighted by molar-refractivity contribution is -0.220. The summed E-state index contributed by atoms with van der Waals surface area (Å²) in [7, 11) is -5.11. The second-order valence-corrected chi connectivity index (χ2v) is 17.0. The monoisotopic (exact) mass is 835 g/mol. The average Bonchev–Trinajstić information content (AvgIpc) is 3.19. The predicted molar refractivity (Wildman–Crippen MR) is 221 cm³/mol. The summed E-state index contributed by atoms with van der Waals surface area (Å²) < 4.78 is 33.5. The third-order valence-corrected chi connectivity index (χ3v) is 11.3. The normalized spacial score (nSPS) is 22.9. The molecule has 0 radical (unpaired) electrons. The van der Waals surface area contributed by atoms with E-state index in [1.807, 2.05) is 0 Å². The van der Waals surface area contributed by atoms with Gasteiger partial charge in [-0.25, -0.2) is 4.57 Å². The van der Waals surface area contributed by atoms with Crippen molar-refractivity contribution in [2.75, 3.05) is 13.2 Å². The summed E-state index contributed by atoms with van der Waals surface area (Å²) in [6, 6.07) is 0. The van der Waals surface area contributed by atoms with Crippen molar-refractivity contribution in [1.29, 1.82) is 0 Å². The molecule has 1 saturated carbocycles. The lowest BCUT2D eigenvalue weighted by atomic mass is 9.85. The number of aliphatic hydroxyl groups excluding tert-OH is 5. The standard InChI is InChI=1S/C43H79O13P/c1-3-5-7-9-11-13-15-17-18-20-22-24-26-28-30-32-37(45)55-35(34-54-57(51,52)56-43-41(49)39(47)38(46)40(48)42(43)50)33-53-36(44)31-29-27-25-23-21-19-16-14-12-10-8-6-4-2/h11,13,17-18,35,38-43,46-50H,3-10,12,14-16,19-34H2,1-2H3,(H,51,52)/b13-11-,18-17-/t35-,38?,39-,40?,41?,42?,43?/m1/s1. The zero-order chi connectivity index (χ0) is 42.2. The first-order chi connectivity index (χ1) is 27.4. The molecule has 6 N–H and O–H groups in total. The molecule has 0 spiro atoms. The molecule has 0 aromatic carbocycles. The van der Waals surface area contributed by atoms with E-state index >= 15 is 0 Å². The van der Waals surface area contributed by atoms with E-state index in [0.717, 1.165) is 64.2 Å². The number of allylic oxidation sites excluding steroid dienone is 4. The number of carbonyl (C=O) groups excluding carboxylic acids is 2. The second-order valence-electron chi connectivity index (χ2n) is 15.6. The first kappa shape index (κ1) is 53.3. The zero-order valence-electron chi connectivity index (χ0n) is 35.1. The number of rotatable bonds is 36. The van der Waals surface area contributed by atoms with Crippen LogP contribution in [0.2, 0.25) is 0 Å². The summed E-state index contributed by atoms with van der Waals surface area (Å²) in [6.45, 7) is 3.25. The van der Waals surface area contributed by atoms with Gasteiger partial charge in [0.15, 0.2) is 6.10 Å². The third-order valence-electron chi connectivity index (χ3n) is 10.3. The Bertz CT molecular complexity index is 1100. The summed E-state index contributed by atoms with van der Waals surface area (Å²) in [5, 5.41) is 50.1. The van der Waals surface area contributed by atoms with E-state index in [-0.39, 0.29) is 12.8 Å². The van der Waals surface area contributed by atoms with Crippen molar-refractivity contribution in [2.24, 2.45) is 0 Å². The number of phosphoric acid groups is 1. The fourth-order valence-corrected chi connectivity index (χ4v) is 7.64. The van der Waals surface area contributed by atoms with Gasteiger partial charge in [-0.15, -0.1) is 0 Å². The lowest BCUT2D eigenvalue weighted by Crippen LogP contribution is -2.64. The zero-order valence-corrected chi connectivity index (χ0v) is 36.0. The van der Waals surface area contributed by atoms with Crippen LogP contribution in [0.4, 0.5) is 0 Å². The lowest BCUT2D eigenvalue weighted by Gasteiger charge is -2.41. The molecule has 0 saturated heterocycles. The van der Waals surface area contributed by atoms with Gasteiger partial charge in [0.05, 0.1) is 6.61 Å². The van der Waals surface area contributed by atoms with Crippen LogP contribution < -0.4 is 0 Å². The summed E-state index contributed by atoms with van der Waals surface area (Å²) in [5.41, 5.74) is 0. The van der Waals surface area contributed by atoms with Crippen molar-refractivity contribution >= 4 is 19.8 Å². The van der Waals surface area contributed by atoms with E-state index < -0.39 is 75.7 Å². The van der Waals surface area contributed by atoms with E-state index in [1.54, 1.807) is 0 Å². The fraction of sp³-hybridized carbons (Fsp3) is 0.860. The molecule has 0 bridgehead atoms. The average molecular weight is 835 g/mol. The summed E-state index contributed by atoms with van der Waals surface area (Å²) in [4.78, 5) is 35.6. The van der Waals surface area contributed by atoms with Gasteiger partial charge in [0.1, 0.15) is 43.2 Å². The number of hydrogen-bond acceptors (Lipinski definition) is 12. The Kier molecular flexibility index (Phi) is 31.9. The van der Waals surface area contributed by atoms with E-state index in [2.05, 4.69) is 38.2 Å². The number of ether oxygens (including phenoxy) is 2. The van der Waals surface area contributed by atoms with Gasteiger partial charge < -0.3 is 39.9 Å². The minimum absolute atomic E-state index is 0.0831. The van der Waals surface area contributed by atoms with Crippen LogP contribution in [0.3, 0.4) is 0 Å². The molecule has 0 aliphatic heterocycles. The molecule has 0 aromatic heterocycles. The molecule has 8 atom stereocenters. The molecule has 13 nitrogen and oxygen atoms in total. The van der Waals surface area contributed by atoms with Gasteiger partial charge in [0, 0.05) is 12.8 Å². The molecular weight excluding hydrogens is 755 g/mol. The van der Waals surface area contributed by atoms with Gasteiger partial charge in [-0.3, -0.25) is 18.6 Å². The Balaban J connectivity index is 2.49. The number of unbranched alkanes of at least 4 members (excludes halogenated alkanes) is 20. The highest BCUT2D eigenvalue weighted by Gasteiger charge is 2.51. The van der Waals surface area contributed by atoms with Crippen LogP contribution in [0.15, 0.2) is 24.3 Å². The van der Waals surface area contributed by atoms with Crippen molar-refractivity contribution < 1.29 is 63.1 Å². The smallest absolute Gasteiger partial charge is 0.462 e. The molecule has 334 valence electrons. The number of hydrogen-bond donors (Lipinski definition) is 6. The number of carbonyl (C=O) groups is 2. The van der Waals surface area contributed by atoms with Gasteiger partial charge in [-0.1, -0.05) is 147 Å². The highest BCUT2D eigenvalue weighted by molar-refractivity contribution is 7.47. The SMILES string of the molecule is CCCCC/C=C\C/C=C\CCCCCCCC(=O)O[C@H](COC(=O)CCCCCCCCCCCCCCC)COP(=O)(O)OC1C(O)C(O)C(O)[C@@H](O)C1O. The van der Waals surface area contributed by atoms with Crippen LogP contribution in [0.5, 0.6) is 0 Å². The third kappa shape index (κ3) is 26.9. The minimum atomic E-state index is -5.11. The highest BCUT2D eigenvalue weighted by Crippen LogP contribution is 2.47. The van der Waals surface area contributed by atoms with Crippen LogP contribution in [-0.2, 0) is 32.7 Å². The maximum Gasteiger partial charge on any atom is 0.472 e. The molecule has 1 rings (SSSR count). The topological polar surface area (TPSA) is 210 Å². The Morgan fingerprint density at radius 1 is 0.544 bits per heavy atom. The summed E-state index contributed by atoms with van der Waals surface area (Å²) in [6.07, 6.45) is 22.3. The number of phosphoric ester groups is 1. The largest absolute Gasteiger partial charge is 0.472 e.